The van der Waals surface area contributed by atoms with Gasteiger partial charge in [-0.05, 0) is 37.0 Å². The van der Waals surface area contributed by atoms with Gasteiger partial charge in [-0.1, -0.05) is 32.9 Å². The summed E-state index contributed by atoms with van der Waals surface area (Å²) in [6, 6.07) is 7.17. The Morgan fingerprint density at radius 2 is 1.83 bits per heavy atom. The van der Waals surface area contributed by atoms with E-state index in [0.29, 0.717) is 23.9 Å². The summed E-state index contributed by atoms with van der Waals surface area (Å²) < 4.78 is 25.2. The molecule has 2 aromatic rings. The molecule has 2 N–H and O–H groups in total. The fourth-order valence-corrected chi connectivity index (χ4v) is 4.42. The number of hydrogen-bond acceptors (Lipinski definition) is 5. The molecule has 1 aromatic heterocycles. The molecular formula is C20H31IN4O2S2. The zero-order chi connectivity index (χ0) is 20.8. The zero-order valence-electron chi connectivity index (χ0n) is 17.7. The normalized spacial score (nSPS) is 12.4. The molecule has 2 rings (SSSR count). The first-order chi connectivity index (χ1) is 13.1. The lowest BCUT2D eigenvalue weighted by Gasteiger charge is -2.19. The van der Waals surface area contributed by atoms with E-state index < -0.39 is 9.84 Å². The number of nitrogens with one attached hydrogen (secondary N) is 2. The lowest BCUT2D eigenvalue weighted by Crippen LogP contribution is -2.39. The summed E-state index contributed by atoms with van der Waals surface area (Å²) in [7, 11) is -3.35. The molecule has 1 aromatic carbocycles. The second-order valence-electron chi connectivity index (χ2n) is 7.58. The van der Waals surface area contributed by atoms with Gasteiger partial charge in [-0.25, -0.2) is 18.4 Å². The molecule has 0 radical (unpaired) electrons. The van der Waals surface area contributed by atoms with Crippen molar-refractivity contribution in [1.82, 2.24) is 15.6 Å². The third kappa shape index (κ3) is 8.21. The van der Waals surface area contributed by atoms with Crippen molar-refractivity contribution in [3.8, 4) is 0 Å². The Kier molecular flexibility index (Phi) is 10.0. The van der Waals surface area contributed by atoms with Gasteiger partial charge in [0.2, 0.25) is 0 Å². The Balaban J connectivity index is 0.00000420. The van der Waals surface area contributed by atoms with Crippen molar-refractivity contribution in [1.29, 1.82) is 0 Å². The first kappa shape index (κ1) is 25.8. The fraction of sp³-hybridized carbons (Fsp3) is 0.500. The SMILES string of the molecule is CCNC(=NCc1ncc(C)s1)NCCS(=O)(=O)c1ccc(C(C)(C)C)cc1.I. The van der Waals surface area contributed by atoms with Gasteiger partial charge >= 0.3 is 0 Å². The Hall–Kier alpha value is -1.20. The van der Waals surface area contributed by atoms with Crippen molar-refractivity contribution in [3.63, 3.8) is 0 Å². The summed E-state index contributed by atoms with van der Waals surface area (Å²) in [6.07, 6.45) is 1.83. The first-order valence-electron chi connectivity index (χ1n) is 9.38. The maximum Gasteiger partial charge on any atom is 0.191 e. The van der Waals surface area contributed by atoms with Crippen molar-refractivity contribution >= 4 is 51.1 Å². The van der Waals surface area contributed by atoms with Crippen LogP contribution in [0.1, 0.15) is 43.1 Å². The van der Waals surface area contributed by atoms with Gasteiger partial charge < -0.3 is 10.6 Å². The average Bonchev–Trinajstić information content (AvgIpc) is 3.04. The largest absolute Gasteiger partial charge is 0.357 e. The molecule has 0 fully saturated rings. The van der Waals surface area contributed by atoms with Crippen LogP contribution < -0.4 is 10.6 Å². The molecule has 0 spiro atoms. The van der Waals surface area contributed by atoms with Crippen molar-refractivity contribution in [2.45, 2.75) is 51.5 Å². The van der Waals surface area contributed by atoms with E-state index in [0.717, 1.165) is 15.4 Å². The molecule has 29 heavy (non-hydrogen) atoms. The van der Waals surface area contributed by atoms with E-state index in [2.05, 4.69) is 41.4 Å². The molecule has 0 saturated heterocycles. The van der Waals surface area contributed by atoms with Crippen LogP contribution in [0.15, 0.2) is 40.4 Å². The number of hydrogen-bond donors (Lipinski definition) is 2. The minimum Gasteiger partial charge on any atom is -0.357 e. The molecule has 0 atom stereocenters. The lowest BCUT2D eigenvalue weighted by atomic mass is 9.87. The molecule has 6 nitrogen and oxygen atoms in total. The van der Waals surface area contributed by atoms with Crippen LogP contribution in [0.2, 0.25) is 0 Å². The van der Waals surface area contributed by atoms with Crippen molar-refractivity contribution in [2.24, 2.45) is 4.99 Å². The topological polar surface area (TPSA) is 83.4 Å². The van der Waals surface area contributed by atoms with Gasteiger partial charge in [-0.3, -0.25) is 0 Å². The highest BCUT2D eigenvalue weighted by atomic mass is 127. The quantitative estimate of drug-likeness (QED) is 0.311. The first-order valence-corrected chi connectivity index (χ1v) is 11.9. The summed E-state index contributed by atoms with van der Waals surface area (Å²) in [6.45, 7) is 11.7. The number of nitrogens with zero attached hydrogens (tertiary/aromatic N) is 2. The summed E-state index contributed by atoms with van der Waals surface area (Å²) >= 11 is 1.61. The van der Waals surface area contributed by atoms with Gasteiger partial charge in [0, 0.05) is 24.2 Å². The number of rotatable bonds is 7. The van der Waals surface area contributed by atoms with Crippen LogP contribution in [0.25, 0.3) is 0 Å². The minimum atomic E-state index is -3.35. The third-order valence-corrected chi connectivity index (χ3v) is 6.76. The highest BCUT2D eigenvalue weighted by Crippen LogP contribution is 2.23. The molecular weight excluding hydrogens is 519 g/mol. The molecule has 162 valence electrons. The van der Waals surface area contributed by atoms with E-state index >= 15 is 0 Å². The van der Waals surface area contributed by atoms with Gasteiger partial charge in [-0.2, -0.15) is 0 Å². The summed E-state index contributed by atoms with van der Waals surface area (Å²) in [5.74, 6) is 0.594. The standard InChI is InChI=1S/C20H30N4O2S2.HI/c1-6-21-19(24-14-18-23-13-15(2)27-18)22-11-12-28(25,26)17-9-7-16(8-10-17)20(3,4)5;/h7-10,13H,6,11-12,14H2,1-5H3,(H2,21,22,24);1H. The third-order valence-electron chi connectivity index (χ3n) is 4.13. The van der Waals surface area contributed by atoms with Crippen molar-refractivity contribution in [3.05, 3.63) is 45.9 Å². The smallest absolute Gasteiger partial charge is 0.191 e. The summed E-state index contributed by atoms with van der Waals surface area (Å²) in [4.78, 5) is 10.3. The molecule has 0 amide bonds. The molecule has 0 unspecified atom stereocenters. The lowest BCUT2D eigenvalue weighted by molar-refractivity contribution is 0.586. The van der Waals surface area contributed by atoms with E-state index in [9.17, 15) is 8.42 Å². The van der Waals surface area contributed by atoms with Crippen LogP contribution in [-0.4, -0.2) is 38.2 Å². The molecule has 0 aliphatic carbocycles. The van der Waals surface area contributed by atoms with E-state index in [1.807, 2.05) is 32.2 Å². The van der Waals surface area contributed by atoms with Crippen LogP contribution >= 0.6 is 35.3 Å². The predicted molar refractivity (Wildman–Crippen MR) is 132 cm³/mol. The zero-order valence-corrected chi connectivity index (χ0v) is 21.6. The van der Waals surface area contributed by atoms with Crippen LogP contribution in [0.3, 0.4) is 0 Å². The van der Waals surface area contributed by atoms with E-state index in [-0.39, 0.29) is 41.7 Å². The van der Waals surface area contributed by atoms with Gasteiger partial charge in [-0.15, -0.1) is 35.3 Å². The highest BCUT2D eigenvalue weighted by Gasteiger charge is 2.17. The van der Waals surface area contributed by atoms with Crippen molar-refractivity contribution in [2.75, 3.05) is 18.8 Å². The number of halogens is 1. The second-order valence-corrected chi connectivity index (χ2v) is 11.0. The fourth-order valence-electron chi connectivity index (χ4n) is 2.55. The van der Waals surface area contributed by atoms with Crippen LogP contribution in [0.4, 0.5) is 0 Å². The number of aryl methyl sites for hydroxylation is 1. The number of benzene rings is 1. The van der Waals surface area contributed by atoms with Gasteiger partial charge in [0.1, 0.15) is 5.01 Å². The number of guanidine groups is 1. The molecule has 1 heterocycles. The summed E-state index contributed by atoms with van der Waals surface area (Å²) in [5, 5.41) is 7.16. The number of sulfone groups is 1. The van der Waals surface area contributed by atoms with Crippen LogP contribution in [0.5, 0.6) is 0 Å². The van der Waals surface area contributed by atoms with E-state index in [4.69, 9.17) is 0 Å². The van der Waals surface area contributed by atoms with E-state index in [1.165, 1.54) is 0 Å². The van der Waals surface area contributed by atoms with Gasteiger partial charge in [0.05, 0.1) is 17.2 Å². The second kappa shape index (κ2) is 11.3. The highest BCUT2D eigenvalue weighted by molar-refractivity contribution is 14.0. The van der Waals surface area contributed by atoms with Crippen LogP contribution in [-0.2, 0) is 21.8 Å². The Morgan fingerprint density at radius 3 is 2.34 bits per heavy atom. The van der Waals surface area contributed by atoms with Crippen LogP contribution in [0, 0.1) is 6.92 Å². The average molecular weight is 551 g/mol. The molecule has 0 aliphatic rings. The number of aromatic nitrogens is 1. The minimum absolute atomic E-state index is 0. The van der Waals surface area contributed by atoms with Crippen molar-refractivity contribution < 1.29 is 8.42 Å². The Labute approximate surface area is 195 Å². The maximum atomic E-state index is 12.6. The molecule has 0 aliphatic heterocycles. The Morgan fingerprint density at radius 1 is 1.17 bits per heavy atom. The summed E-state index contributed by atoms with van der Waals surface area (Å²) in [5.41, 5.74) is 1.11. The number of thiazole rings is 1. The molecule has 0 bridgehead atoms. The monoisotopic (exact) mass is 550 g/mol. The number of aliphatic imine (C=N–C) groups is 1. The predicted octanol–water partition coefficient (Wildman–Crippen LogP) is 3.90. The molecule has 9 heteroatoms. The maximum absolute atomic E-state index is 12.6. The van der Waals surface area contributed by atoms with Gasteiger partial charge in [0.15, 0.2) is 15.8 Å². The molecule has 0 saturated carbocycles. The Bertz CT molecular complexity index is 901. The van der Waals surface area contributed by atoms with Gasteiger partial charge in [0.25, 0.3) is 0 Å². The van der Waals surface area contributed by atoms with E-state index in [1.54, 1.807) is 23.5 Å².